The molecule has 0 aliphatic heterocycles. The average molecular weight is 418 g/mol. The number of anilines is 2. The first-order valence-corrected chi connectivity index (χ1v) is 9.88. The van der Waals surface area contributed by atoms with Gasteiger partial charge in [0, 0.05) is 6.07 Å². The first kappa shape index (κ1) is 20.3. The number of carbonyl (C=O) groups excluding carboxylic acids is 1. The minimum atomic E-state index is -3.85. The van der Waals surface area contributed by atoms with E-state index in [1.165, 1.54) is 24.3 Å². The van der Waals surface area contributed by atoms with Crippen molar-refractivity contribution in [3.8, 4) is 5.75 Å². The molecule has 9 heteroatoms. The van der Waals surface area contributed by atoms with Gasteiger partial charge in [-0.2, -0.15) is 0 Å². The Bertz CT molecular complexity index is 1120. The maximum atomic E-state index is 13.6. The van der Waals surface area contributed by atoms with E-state index in [0.717, 1.165) is 12.1 Å². The molecule has 1 amide bonds. The Hall–Kier alpha value is -3.46. The van der Waals surface area contributed by atoms with Crippen LogP contribution in [0.15, 0.2) is 77.7 Å². The molecule has 0 heterocycles. The normalized spacial score (nSPS) is 11.0. The molecule has 0 bridgehead atoms. The van der Waals surface area contributed by atoms with E-state index in [1.54, 1.807) is 30.3 Å². The highest BCUT2D eigenvalue weighted by Gasteiger charge is 2.16. The molecule has 0 aromatic heterocycles. The van der Waals surface area contributed by atoms with Crippen LogP contribution in [0.2, 0.25) is 0 Å². The predicted molar refractivity (Wildman–Crippen MR) is 104 cm³/mol. The lowest BCUT2D eigenvalue weighted by Crippen LogP contribution is -2.22. The standard InChI is InChI=1S/C20H16F2N2O4S/c21-14-10-11-19(16(22)12-14)28-13-20(25)23-17-8-4-5-9-18(17)24-29(26,27)15-6-2-1-3-7-15/h1-12,24H,13H2,(H,23,25). The van der Waals surface area contributed by atoms with Gasteiger partial charge in [0.25, 0.3) is 15.9 Å². The Morgan fingerprint density at radius 2 is 1.55 bits per heavy atom. The fraction of sp³-hybridized carbons (Fsp3) is 0.0500. The van der Waals surface area contributed by atoms with E-state index in [1.807, 2.05) is 0 Å². The molecule has 6 nitrogen and oxygen atoms in total. The summed E-state index contributed by atoms with van der Waals surface area (Å²) in [4.78, 5) is 12.2. The molecule has 0 fully saturated rings. The molecule has 29 heavy (non-hydrogen) atoms. The van der Waals surface area contributed by atoms with Gasteiger partial charge in [0.15, 0.2) is 18.2 Å². The van der Waals surface area contributed by atoms with E-state index in [-0.39, 0.29) is 22.0 Å². The molecule has 0 saturated heterocycles. The van der Waals surface area contributed by atoms with Crippen molar-refractivity contribution in [2.24, 2.45) is 0 Å². The lowest BCUT2D eigenvalue weighted by Gasteiger charge is -2.14. The summed E-state index contributed by atoms with van der Waals surface area (Å²) in [6.45, 7) is -0.553. The van der Waals surface area contributed by atoms with Crippen molar-refractivity contribution < 1.29 is 26.7 Å². The number of para-hydroxylation sites is 2. The molecule has 0 spiro atoms. The zero-order valence-electron chi connectivity index (χ0n) is 14.9. The van der Waals surface area contributed by atoms with Gasteiger partial charge in [-0.3, -0.25) is 9.52 Å². The summed E-state index contributed by atoms with van der Waals surface area (Å²) in [6, 6.07) is 16.7. The fourth-order valence-corrected chi connectivity index (χ4v) is 3.51. The summed E-state index contributed by atoms with van der Waals surface area (Å²) < 4.78 is 58.9. The van der Waals surface area contributed by atoms with Crippen LogP contribution in [-0.4, -0.2) is 20.9 Å². The second-order valence-electron chi connectivity index (χ2n) is 5.88. The zero-order valence-corrected chi connectivity index (χ0v) is 15.7. The number of hydrogen-bond acceptors (Lipinski definition) is 4. The molecule has 0 saturated carbocycles. The minimum absolute atomic E-state index is 0.0660. The summed E-state index contributed by atoms with van der Waals surface area (Å²) in [6.07, 6.45) is 0. The largest absolute Gasteiger partial charge is 0.481 e. The fourth-order valence-electron chi connectivity index (χ4n) is 2.41. The Morgan fingerprint density at radius 3 is 2.24 bits per heavy atom. The van der Waals surface area contributed by atoms with Gasteiger partial charge in [-0.05, 0) is 36.4 Å². The Kier molecular flexibility index (Phi) is 6.08. The van der Waals surface area contributed by atoms with Gasteiger partial charge in [0.05, 0.1) is 16.3 Å². The third-order valence-electron chi connectivity index (χ3n) is 3.75. The van der Waals surface area contributed by atoms with Crippen LogP contribution in [0.5, 0.6) is 5.75 Å². The highest BCUT2D eigenvalue weighted by molar-refractivity contribution is 7.92. The first-order valence-electron chi connectivity index (χ1n) is 8.40. The SMILES string of the molecule is O=C(COc1ccc(F)cc1F)Nc1ccccc1NS(=O)(=O)c1ccccc1. The molecule has 0 atom stereocenters. The van der Waals surface area contributed by atoms with Crippen molar-refractivity contribution >= 4 is 27.3 Å². The first-order chi connectivity index (χ1) is 13.8. The molecular weight excluding hydrogens is 402 g/mol. The smallest absolute Gasteiger partial charge is 0.262 e. The number of sulfonamides is 1. The summed E-state index contributed by atoms with van der Waals surface area (Å²) in [7, 11) is -3.85. The number of amides is 1. The third-order valence-corrected chi connectivity index (χ3v) is 5.13. The highest BCUT2D eigenvalue weighted by atomic mass is 32.2. The maximum absolute atomic E-state index is 13.6. The molecule has 3 rings (SSSR count). The van der Waals surface area contributed by atoms with Crippen molar-refractivity contribution in [3.05, 3.63) is 84.4 Å². The van der Waals surface area contributed by atoms with Crippen LogP contribution < -0.4 is 14.8 Å². The molecule has 0 aliphatic rings. The predicted octanol–water partition coefficient (Wildman–Crippen LogP) is 3.78. The number of benzene rings is 3. The van der Waals surface area contributed by atoms with Gasteiger partial charge in [-0.15, -0.1) is 0 Å². The summed E-state index contributed by atoms with van der Waals surface area (Å²) in [5.41, 5.74) is 0.345. The van der Waals surface area contributed by atoms with E-state index in [9.17, 15) is 22.0 Å². The molecule has 3 aromatic rings. The van der Waals surface area contributed by atoms with Gasteiger partial charge in [-0.1, -0.05) is 30.3 Å². The van der Waals surface area contributed by atoms with Crippen LogP contribution in [0, 0.1) is 11.6 Å². The third kappa shape index (κ3) is 5.29. The van der Waals surface area contributed by atoms with Gasteiger partial charge in [-0.25, -0.2) is 17.2 Å². The van der Waals surface area contributed by atoms with Crippen LogP contribution in [0.3, 0.4) is 0 Å². The van der Waals surface area contributed by atoms with Crippen molar-refractivity contribution in [1.29, 1.82) is 0 Å². The van der Waals surface area contributed by atoms with E-state index in [2.05, 4.69) is 10.0 Å². The number of carbonyl (C=O) groups is 1. The minimum Gasteiger partial charge on any atom is -0.481 e. The molecule has 0 unspecified atom stereocenters. The van der Waals surface area contributed by atoms with E-state index in [4.69, 9.17) is 4.74 Å². The van der Waals surface area contributed by atoms with E-state index < -0.39 is 34.2 Å². The number of hydrogen-bond donors (Lipinski definition) is 2. The zero-order chi connectivity index (χ0) is 20.9. The van der Waals surface area contributed by atoms with Crippen LogP contribution in [0.1, 0.15) is 0 Å². The lowest BCUT2D eigenvalue weighted by molar-refractivity contribution is -0.118. The van der Waals surface area contributed by atoms with Crippen LogP contribution >= 0.6 is 0 Å². The monoisotopic (exact) mass is 418 g/mol. The van der Waals surface area contributed by atoms with Gasteiger partial charge >= 0.3 is 0 Å². The van der Waals surface area contributed by atoms with E-state index in [0.29, 0.717) is 6.07 Å². The van der Waals surface area contributed by atoms with E-state index >= 15 is 0 Å². The van der Waals surface area contributed by atoms with Crippen molar-refractivity contribution in [2.75, 3.05) is 16.6 Å². The molecule has 0 radical (unpaired) electrons. The number of nitrogens with one attached hydrogen (secondary N) is 2. The Morgan fingerprint density at radius 1 is 0.897 bits per heavy atom. The van der Waals surface area contributed by atoms with Crippen molar-refractivity contribution in [1.82, 2.24) is 0 Å². The molecule has 0 aliphatic carbocycles. The Labute approximate surface area is 166 Å². The Balaban J connectivity index is 1.69. The molecule has 2 N–H and O–H groups in total. The second kappa shape index (κ2) is 8.70. The maximum Gasteiger partial charge on any atom is 0.262 e. The summed E-state index contributed by atoms with van der Waals surface area (Å²) >= 11 is 0. The molecule has 150 valence electrons. The van der Waals surface area contributed by atoms with Crippen molar-refractivity contribution in [3.63, 3.8) is 0 Å². The van der Waals surface area contributed by atoms with Crippen LogP contribution in [0.4, 0.5) is 20.2 Å². The second-order valence-corrected chi connectivity index (χ2v) is 7.56. The van der Waals surface area contributed by atoms with Gasteiger partial charge in [0.1, 0.15) is 5.82 Å². The topological polar surface area (TPSA) is 84.5 Å². The summed E-state index contributed by atoms with van der Waals surface area (Å²) in [5, 5.41) is 2.50. The number of rotatable bonds is 7. The lowest BCUT2D eigenvalue weighted by atomic mass is 10.2. The van der Waals surface area contributed by atoms with Crippen LogP contribution in [0.25, 0.3) is 0 Å². The molecular formula is C20H16F2N2O4S. The average Bonchev–Trinajstić information content (AvgIpc) is 2.69. The number of ether oxygens (including phenoxy) is 1. The van der Waals surface area contributed by atoms with Gasteiger partial charge in [0.2, 0.25) is 0 Å². The molecule has 3 aromatic carbocycles. The quantitative estimate of drug-likeness (QED) is 0.612. The summed E-state index contributed by atoms with van der Waals surface area (Å²) in [5.74, 6) is -2.63. The van der Waals surface area contributed by atoms with Crippen LogP contribution in [-0.2, 0) is 14.8 Å². The number of halogens is 2. The van der Waals surface area contributed by atoms with Crippen molar-refractivity contribution in [2.45, 2.75) is 4.90 Å². The van der Waals surface area contributed by atoms with Gasteiger partial charge < -0.3 is 10.1 Å². The highest BCUT2D eigenvalue weighted by Crippen LogP contribution is 2.24.